The summed E-state index contributed by atoms with van der Waals surface area (Å²) in [5, 5.41) is 0. The van der Waals surface area contributed by atoms with E-state index in [4.69, 9.17) is 4.74 Å². The van der Waals surface area contributed by atoms with E-state index in [0.717, 1.165) is 4.47 Å². The molecule has 0 spiro atoms. The van der Waals surface area contributed by atoms with E-state index < -0.39 is 22.9 Å². The molecule has 124 valence electrons. The van der Waals surface area contributed by atoms with Gasteiger partial charge in [0.1, 0.15) is 5.41 Å². The van der Waals surface area contributed by atoms with Crippen LogP contribution in [0.3, 0.4) is 0 Å². The smallest absolute Gasteiger partial charge is 0.319 e. The molecule has 1 atom stereocenters. The van der Waals surface area contributed by atoms with Crippen LogP contribution in [0, 0.1) is 10.8 Å². The first-order chi connectivity index (χ1) is 10.7. The molecule has 0 saturated carbocycles. The minimum atomic E-state index is -1.22. The molecule has 1 heterocycles. The lowest BCUT2D eigenvalue weighted by Gasteiger charge is -2.45. The number of cyclic esters (lactones) is 1. The summed E-state index contributed by atoms with van der Waals surface area (Å²) in [5.74, 6) is -1.16. The maximum Gasteiger partial charge on any atom is 0.319 e. The van der Waals surface area contributed by atoms with Gasteiger partial charge >= 0.3 is 5.97 Å². The maximum atomic E-state index is 13.0. The molecule has 1 aromatic carbocycles. The van der Waals surface area contributed by atoms with E-state index in [9.17, 15) is 14.4 Å². The zero-order valence-electron chi connectivity index (χ0n) is 13.8. The highest BCUT2D eigenvalue weighted by molar-refractivity contribution is 9.10. The summed E-state index contributed by atoms with van der Waals surface area (Å²) < 4.78 is 6.35. The normalized spacial score (nSPS) is 22.6. The molecule has 0 aromatic heterocycles. The summed E-state index contributed by atoms with van der Waals surface area (Å²) in [6.45, 7) is 6.85. The van der Waals surface area contributed by atoms with E-state index >= 15 is 0 Å². The molecular weight excluding hydrogens is 360 g/mol. The van der Waals surface area contributed by atoms with Crippen molar-refractivity contribution in [2.24, 2.45) is 10.8 Å². The number of carbonyl (C=O) groups is 3. The second-order valence-corrected chi connectivity index (χ2v) is 7.39. The van der Waals surface area contributed by atoms with Crippen molar-refractivity contribution >= 4 is 33.5 Å². The largest absolute Gasteiger partial charge is 0.452 e. The minimum absolute atomic E-state index is 0.207. The van der Waals surface area contributed by atoms with Gasteiger partial charge in [-0.2, -0.15) is 0 Å². The molecule has 1 saturated heterocycles. The van der Waals surface area contributed by atoms with Gasteiger partial charge in [-0.3, -0.25) is 14.4 Å². The molecule has 0 amide bonds. The number of Topliss-reactive ketones (excluding diaryl/α,β-unsaturated/α-hetero) is 2. The molecule has 0 bridgehead atoms. The molecule has 0 N–H and O–H groups in total. The third-order valence-electron chi connectivity index (χ3n) is 4.89. The van der Waals surface area contributed by atoms with Gasteiger partial charge in [-0.1, -0.05) is 41.9 Å². The quantitative estimate of drug-likeness (QED) is 0.450. The van der Waals surface area contributed by atoms with Crippen LogP contribution in [0.2, 0.25) is 0 Å². The van der Waals surface area contributed by atoms with Crippen LogP contribution in [0.1, 0.15) is 50.9 Å². The zero-order valence-corrected chi connectivity index (χ0v) is 15.4. The second kappa shape index (κ2) is 6.19. The Morgan fingerprint density at radius 1 is 1.13 bits per heavy atom. The summed E-state index contributed by atoms with van der Waals surface area (Å²) in [7, 11) is 0. The van der Waals surface area contributed by atoms with Crippen molar-refractivity contribution in [1.82, 2.24) is 0 Å². The third-order valence-corrected chi connectivity index (χ3v) is 5.41. The number of hydrogen-bond donors (Lipinski definition) is 0. The van der Waals surface area contributed by atoms with Gasteiger partial charge in [0.15, 0.2) is 11.9 Å². The summed E-state index contributed by atoms with van der Waals surface area (Å²) in [5.41, 5.74) is -1.76. The molecule has 1 aromatic rings. The average molecular weight is 381 g/mol. The van der Waals surface area contributed by atoms with Crippen molar-refractivity contribution in [3.8, 4) is 0 Å². The predicted octanol–water partition coefficient (Wildman–Crippen LogP) is 3.96. The number of benzene rings is 1. The molecule has 0 aliphatic carbocycles. The van der Waals surface area contributed by atoms with Crippen molar-refractivity contribution < 1.29 is 19.1 Å². The predicted molar refractivity (Wildman–Crippen MR) is 90.2 cm³/mol. The number of esters is 1. The molecule has 2 rings (SSSR count). The van der Waals surface area contributed by atoms with Gasteiger partial charge in [-0.25, -0.2) is 0 Å². The highest BCUT2D eigenvalue weighted by Crippen LogP contribution is 2.46. The summed E-state index contributed by atoms with van der Waals surface area (Å²) >= 11 is 3.32. The standard InChI is InChI=1S/C18H21BrO4/c1-5-18(6-2)14(23-16(22)17(3,4)15(18)21)13(20)11-7-9-12(19)10-8-11/h7-10,14H,5-6H2,1-4H3/t14-/m1/s1. The van der Waals surface area contributed by atoms with Gasteiger partial charge in [-0.05, 0) is 38.8 Å². The van der Waals surface area contributed by atoms with Gasteiger partial charge in [0, 0.05) is 10.0 Å². The average Bonchev–Trinajstić information content (AvgIpc) is 2.53. The molecule has 1 aliphatic heterocycles. The first-order valence-electron chi connectivity index (χ1n) is 7.76. The van der Waals surface area contributed by atoms with E-state index in [1.54, 1.807) is 38.1 Å². The Morgan fingerprint density at radius 2 is 1.65 bits per heavy atom. The van der Waals surface area contributed by atoms with Crippen LogP contribution in [0.5, 0.6) is 0 Å². The molecule has 1 fully saturated rings. The molecule has 23 heavy (non-hydrogen) atoms. The lowest BCUT2D eigenvalue weighted by atomic mass is 9.62. The topological polar surface area (TPSA) is 60.4 Å². The summed E-state index contributed by atoms with van der Waals surface area (Å²) in [6.07, 6.45) is -0.162. The first kappa shape index (κ1) is 17.9. The fourth-order valence-corrected chi connectivity index (χ4v) is 3.48. The number of ether oxygens (including phenoxy) is 1. The maximum absolute atomic E-state index is 13.0. The number of carbonyl (C=O) groups excluding carboxylic acids is 3. The van der Waals surface area contributed by atoms with Crippen LogP contribution < -0.4 is 0 Å². The van der Waals surface area contributed by atoms with Gasteiger partial charge in [0.05, 0.1) is 5.41 Å². The Balaban J connectivity index is 2.50. The number of halogens is 1. The molecule has 5 heteroatoms. The first-order valence-corrected chi connectivity index (χ1v) is 8.55. The monoisotopic (exact) mass is 380 g/mol. The molecule has 0 radical (unpaired) electrons. The molecule has 4 nitrogen and oxygen atoms in total. The van der Waals surface area contributed by atoms with E-state index in [0.29, 0.717) is 18.4 Å². The van der Waals surface area contributed by atoms with Crippen molar-refractivity contribution in [1.29, 1.82) is 0 Å². The number of ketones is 2. The zero-order chi connectivity index (χ0) is 17.4. The molecule has 1 aliphatic rings. The van der Waals surface area contributed by atoms with Crippen LogP contribution in [0.25, 0.3) is 0 Å². The Bertz CT molecular complexity index is 641. The fourth-order valence-electron chi connectivity index (χ4n) is 3.21. The summed E-state index contributed by atoms with van der Waals surface area (Å²) in [4.78, 5) is 38.1. The van der Waals surface area contributed by atoms with Gasteiger partial charge in [0.2, 0.25) is 5.78 Å². The third kappa shape index (κ3) is 2.75. The minimum Gasteiger partial charge on any atom is -0.452 e. The van der Waals surface area contributed by atoms with Crippen LogP contribution in [0.15, 0.2) is 28.7 Å². The fraction of sp³-hybridized carbons (Fsp3) is 0.500. The SMILES string of the molecule is CCC1(CC)C(=O)C(C)(C)C(=O)O[C@@H]1C(=O)c1ccc(Br)cc1. The Morgan fingerprint density at radius 3 is 2.13 bits per heavy atom. The lowest BCUT2D eigenvalue weighted by Crippen LogP contribution is -2.60. The Labute approximate surface area is 144 Å². The van der Waals surface area contributed by atoms with Crippen molar-refractivity contribution in [2.45, 2.75) is 46.6 Å². The van der Waals surface area contributed by atoms with Gasteiger partial charge < -0.3 is 4.74 Å². The van der Waals surface area contributed by atoms with E-state index in [2.05, 4.69) is 15.9 Å². The molecule has 0 unspecified atom stereocenters. The van der Waals surface area contributed by atoms with E-state index in [1.165, 1.54) is 0 Å². The van der Waals surface area contributed by atoms with Crippen LogP contribution in [-0.2, 0) is 14.3 Å². The Kier molecular flexibility index (Phi) is 4.81. The number of rotatable bonds is 4. The highest BCUT2D eigenvalue weighted by atomic mass is 79.9. The van der Waals surface area contributed by atoms with E-state index in [-0.39, 0.29) is 11.6 Å². The second-order valence-electron chi connectivity index (χ2n) is 6.47. The van der Waals surface area contributed by atoms with Crippen LogP contribution in [-0.4, -0.2) is 23.6 Å². The van der Waals surface area contributed by atoms with Gasteiger partial charge in [-0.15, -0.1) is 0 Å². The van der Waals surface area contributed by atoms with Crippen molar-refractivity contribution in [2.75, 3.05) is 0 Å². The number of hydrogen-bond acceptors (Lipinski definition) is 4. The van der Waals surface area contributed by atoms with Crippen molar-refractivity contribution in [3.63, 3.8) is 0 Å². The Hall–Kier alpha value is -1.49. The summed E-state index contributed by atoms with van der Waals surface area (Å²) in [6, 6.07) is 6.84. The van der Waals surface area contributed by atoms with E-state index in [1.807, 2.05) is 13.8 Å². The van der Waals surface area contributed by atoms with Crippen LogP contribution >= 0.6 is 15.9 Å². The van der Waals surface area contributed by atoms with Crippen LogP contribution in [0.4, 0.5) is 0 Å². The van der Waals surface area contributed by atoms with Gasteiger partial charge in [0.25, 0.3) is 0 Å². The van der Waals surface area contributed by atoms with Crippen molar-refractivity contribution in [3.05, 3.63) is 34.3 Å². The molecular formula is C18H21BrO4. The highest BCUT2D eigenvalue weighted by Gasteiger charge is 2.60. The lowest BCUT2D eigenvalue weighted by molar-refractivity contribution is -0.184.